The fourth-order valence-corrected chi connectivity index (χ4v) is 6.83. The molecule has 0 rings (SSSR count). The van der Waals surface area contributed by atoms with Crippen molar-refractivity contribution in [3.8, 4) is 0 Å². The van der Waals surface area contributed by atoms with E-state index in [2.05, 4.69) is 20.8 Å². The van der Waals surface area contributed by atoms with Gasteiger partial charge in [0.05, 0.1) is 0 Å². The molecule has 1 radical (unpaired) electrons. The minimum absolute atomic E-state index is 1.01. The van der Waals surface area contributed by atoms with Gasteiger partial charge in [0, 0.05) is 0 Å². The molecule has 0 fully saturated rings. The van der Waals surface area contributed by atoms with E-state index < -0.39 is 0 Å². The molecule has 0 bridgehead atoms. The van der Waals surface area contributed by atoms with Crippen LogP contribution in [0.4, 0.5) is 0 Å². The summed E-state index contributed by atoms with van der Waals surface area (Å²) in [4.78, 5) is 0. The zero-order chi connectivity index (χ0) is 29.7. The molecular formula is C41H83. The van der Waals surface area contributed by atoms with E-state index in [-0.39, 0.29) is 0 Å². The first-order valence-electron chi connectivity index (χ1n) is 20.1. The highest BCUT2D eigenvalue weighted by Gasteiger charge is 2.08. The van der Waals surface area contributed by atoms with E-state index in [1.54, 1.807) is 0 Å². The minimum Gasteiger partial charge on any atom is -0.0654 e. The summed E-state index contributed by atoms with van der Waals surface area (Å²) in [6.07, 6.45) is 54.1. The Kier molecular flexibility index (Phi) is 38.0. The number of hydrogen-bond acceptors (Lipinski definition) is 0. The smallest absolute Gasteiger partial charge is 0.0414 e. The van der Waals surface area contributed by atoms with Crippen molar-refractivity contribution in [2.24, 2.45) is 5.92 Å². The predicted molar refractivity (Wildman–Crippen MR) is 191 cm³/mol. The van der Waals surface area contributed by atoms with E-state index in [0.717, 1.165) is 12.3 Å². The highest BCUT2D eigenvalue weighted by atomic mass is 14.1. The Labute approximate surface area is 263 Å². The molecular weight excluding hydrogens is 492 g/mol. The molecule has 247 valence electrons. The van der Waals surface area contributed by atoms with Crippen LogP contribution in [0.5, 0.6) is 0 Å². The van der Waals surface area contributed by atoms with Gasteiger partial charge in [0.25, 0.3) is 0 Å². The van der Waals surface area contributed by atoms with Gasteiger partial charge in [0.15, 0.2) is 0 Å². The Balaban J connectivity index is 3.53. The van der Waals surface area contributed by atoms with E-state index in [1.165, 1.54) is 231 Å². The summed E-state index contributed by atoms with van der Waals surface area (Å²) in [7, 11) is 0. The Bertz CT molecular complexity index is 426. The third-order valence-corrected chi connectivity index (χ3v) is 9.79. The Morgan fingerprint density at radius 1 is 0.268 bits per heavy atom. The fourth-order valence-electron chi connectivity index (χ4n) is 6.83. The van der Waals surface area contributed by atoms with Crippen LogP contribution in [-0.4, -0.2) is 0 Å². The van der Waals surface area contributed by atoms with Crippen molar-refractivity contribution in [2.45, 2.75) is 251 Å². The van der Waals surface area contributed by atoms with Crippen LogP contribution in [0.25, 0.3) is 0 Å². The maximum absolute atomic E-state index is 4.08. The fraction of sp³-hybridized carbons (Fsp3) is 0.976. The first kappa shape index (κ1) is 41.0. The predicted octanol–water partition coefficient (Wildman–Crippen LogP) is 15.9. The molecule has 0 nitrogen and oxygen atoms in total. The van der Waals surface area contributed by atoms with E-state index in [9.17, 15) is 0 Å². The topological polar surface area (TPSA) is 0 Å². The highest BCUT2D eigenvalue weighted by molar-refractivity contribution is 4.62. The van der Waals surface area contributed by atoms with Crippen LogP contribution in [0, 0.1) is 12.8 Å². The zero-order valence-corrected chi connectivity index (χ0v) is 29.4. The maximum atomic E-state index is 4.08. The van der Waals surface area contributed by atoms with Crippen molar-refractivity contribution >= 4 is 0 Å². The molecule has 0 aliphatic carbocycles. The third kappa shape index (κ3) is 36.1. The zero-order valence-electron chi connectivity index (χ0n) is 29.4. The summed E-state index contributed by atoms with van der Waals surface area (Å²) >= 11 is 0. The second-order valence-electron chi connectivity index (χ2n) is 14.0. The van der Waals surface area contributed by atoms with Crippen LogP contribution in [0.15, 0.2) is 0 Å². The van der Waals surface area contributed by atoms with Crippen molar-refractivity contribution in [1.29, 1.82) is 0 Å². The van der Waals surface area contributed by atoms with Crippen LogP contribution in [-0.2, 0) is 0 Å². The lowest BCUT2D eigenvalue weighted by atomic mass is 9.89. The lowest BCUT2D eigenvalue weighted by molar-refractivity contribution is 0.368. The molecule has 0 heteroatoms. The summed E-state index contributed by atoms with van der Waals surface area (Å²) in [5.41, 5.74) is 0. The molecule has 41 heavy (non-hydrogen) atoms. The molecule has 0 aliphatic rings. The quantitative estimate of drug-likeness (QED) is 0.0646. The van der Waals surface area contributed by atoms with Gasteiger partial charge in [-0.2, -0.15) is 0 Å². The van der Waals surface area contributed by atoms with Gasteiger partial charge in [0.1, 0.15) is 0 Å². The first-order valence-corrected chi connectivity index (χ1v) is 20.1. The lowest BCUT2D eigenvalue weighted by Crippen LogP contribution is -2.01. The molecule has 0 aromatic heterocycles. The molecule has 0 aromatic rings. The van der Waals surface area contributed by atoms with E-state index in [1.807, 2.05) is 0 Å². The van der Waals surface area contributed by atoms with Gasteiger partial charge in [-0.1, -0.05) is 258 Å². The van der Waals surface area contributed by atoms with Gasteiger partial charge in [0.2, 0.25) is 0 Å². The van der Waals surface area contributed by atoms with Gasteiger partial charge in [-0.05, 0) is 5.92 Å². The molecule has 1 atom stereocenters. The summed E-state index contributed by atoms with van der Waals surface area (Å²) in [6.45, 7) is 8.70. The molecule has 0 heterocycles. The number of rotatable bonds is 37. The van der Waals surface area contributed by atoms with Crippen LogP contribution < -0.4 is 0 Å². The van der Waals surface area contributed by atoms with Crippen LogP contribution in [0.2, 0.25) is 0 Å². The van der Waals surface area contributed by atoms with Crippen LogP contribution in [0.3, 0.4) is 0 Å². The van der Waals surface area contributed by atoms with Crippen molar-refractivity contribution in [1.82, 2.24) is 0 Å². The Hall–Kier alpha value is 0. The second-order valence-corrected chi connectivity index (χ2v) is 14.0. The van der Waals surface area contributed by atoms with Gasteiger partial charge in [-0.15, -0.1) is 0 Å². The molecule has 0 saturated carbocycles. The maximum Gasteiger partial charge on any atom is -0.0414 e. The molecule has 1 unspecified atom stereocenters. The molecule has 0 N–H and O–H groups in total. The van der Waals surface area contributed by atoms with Crippen molar-refractivity contribution in [2.75, 3.05) is 0 Å². The molecule has 0 aromatic carbocycles. The minimum atomic E-state index is 1.01. The monoisotopic (exact) mass is 576 g/mol. The SMILES string of the molecule is [CH2]CCCCC(CCCCCCCCCCCCCCCCC)CCCCCCCCCCCCCCCCCC. The molecule has 0 saturated heterocycles. The first-order chi connectivity index (χ1) is 20.3. The average Bonchev–Trinajstić information content (AvgIpc) is 2.98. The Morgan fingerprint density at radius 3 is 0.683 bits per heavy atom. The average molecular weight is 576 g/mol. The van der Waals surface area contributed by atoms with Gasteiger partial charge in [-0.3, -0.25) is 0 Å². The van der Waals surface area contributed by atoms with E-state index >= 15 is 0 Å². The third-order valence-electron chi connectivity index (χ3n) is 9.79. The van der Waals surface area contributed by atoms with Crippen LogP contribution >= 0.6 is 0 Å². The second kappa shape index (κ2) is 38.0. The normalized spacial score (nSPS) is 12.4. The van der Waals surface area contributed by atoms with Crippen molar-refractivity contribution < 1.29 is 0 Å². The summed E-state index contributed by atoms with van der Waals surface area (Å²) < 4.78 is 0. The van der Waals surface area contributed by atoms with Crippen molar-refractivity contribution in [3.05, 3.63) is 6.92 Å². The highest BCUT2D eigenvalue weighted by Crippen LogP contribution is 2.24. The molecule has 0 spiro atoms. The standard InChI is InChI=1S/C41H83/c1-4-7-10-12-14-16-18-20-22-24-26-28-30-32-34-37-40-41(38-35-9-6-3)39-36-33-31-29-27-25-23-21-19-17-15-13-11-8-5-2/h41H,3-40H2,1-2H3. The van der Waals surface area contributed by atoms with E-state index in [4.69, 9.17) is 0 Å². The van der Waals surface area contributed by atoms with Gasteiger partial charge >= 0.3 is 0 Å². The summed E-state index contributed by atoms with van der Waals surface area (Å²) in [5.74, 6) is 1.01. The number of hydrogen-bond donors (Lipinski definition) is 0. The van der Waals surface area contributed by atoms with Gasteiger partial charge in [-0.25, -0.2) is 0 Å². The summed E-state index contributed by atoms with van der Waals surface area (Å²) in [5, 5.41) is 0. The molecule has 0 aliphatic heterocycles. The Morgan fingerprint density at radius 2 is 0.463 bits per heavy atom. The molecule has 0 amide bonds. The summed E-state index contributed by atoms with van der Waals surface area (Å²) in [6, 6.07) is 0. The van der Waals surface area contributed by atoms with E-state index in [0.29, 0.717) is 0 Å². The number of unbranched alkanes of at least 4 members (excludes halogenated alkanes) is 31. The van der Waals surface area contributed by atoms with Crippen molar-refractivity contribution in [3.63, 3.8) is 0 Å². The largest absolute Gasteiger partial charge is 0.0654 e. The lowest BCUT2D eigenvalue weighted by Gasteiger charge is -2.17. The van der Waals surface area contributed by atoms with Gasteiger partial charge < -0.3 is 0 Å². The van der Waals surface area contributed by atoms with Crippen LogP contribution in [0.1, 0.15) is 251 Å².